The van der Waals surface area contributed by atoms with Crippen LogP contribution in [-0.2, 0) is 10.9 Å². The van der Waals surface area contributed by atoms with E-state index in [9.17, 15) is 20.8 Å². The standard InChI is InChI=1S/C8H10OS.AsF6/c1-10(2)8-5-3-7(9)4-6-8;2-1(3,4,5,6)7/h3-6H,1-2H3;/q;-1/p+1. The van der Waals surface area contributed by atoms with Gasteiger partial charge in [-0.25, -0.2) is 0 Å². The van der Waals surface area contributed by atoms with Gasteiger partial charge in [0.2, 0.25) is 0 Å². The van der Waals surface area contributed by atoms with Crippen LogP contribution in [0, 0.1) is 0 Å². The average Bonchev–Trinajstić information content (AvgIpc) is 1.98. The Hall–Kier alpha value is -0.492. The van der Waals surface area contributed by atoms with Gasteiger partial charge < -0.3 is 5.11 Å². The van der Waals surface area contributed by atoms with E-state index >= 15 is 0 Å². The van der Waals surface area contributed by atoms with Gasteiger partial charge in [0, 0.05) is 10.9 Å². The van der Waals surface area contributed by atoms with Crippen molar-refractivity contribution in [3.63, 3.8) is 0 Å². The molecule has 0 saturated carbocycles. The van der Waals surface area contributed by atoms with E-state index in [1.165, 1.54) is 4.90 Å². The van der Waals surface area contributed by atoms with Crippen molar-refractivity contribution in [2.24, 2.45) is 0 Å². The molecule has 0 bridgehead atoms. The molecule has 0 fully saturated rings. The van der Waals surface area contributed by atoms with Crippen molar-refractivity contribution < 1.29 is 25.9 Å². The molecule has 0 saturated heterocycles. The van der Waals surface area contributed by atoms with E-state index in [1.807, 2.05) is 12.1 Å². The molecular formula is C8H11AsF6OS. The maximum atomic E-state index is 9.91. The van der Waals surface area contributed by atoms with Crippen molar-refractivity contribution in [1.82, 2.24) is 0 Å². The van der Waals surface area contributed by atoms with Crippen LogP contribution in [0.2, 0.25) is 0 Å². The first-order valence-corrected chi connectivity index (χ1v) is 10.4. The zero-order valence-corrected chi connectivity index (χ0v) is 11.6. The summed E-state index contributed by atoms with van der Waals surface area (Å²) in [6, 6.07) is 7.36. The van der Waals surface area contributed by atoms with Gasteiger partial charge in [0.1, 0.15) is 18.3 Å². The Labute approximate surface area is 98.6 Å². The summed E-state index contributed by atoms with van der Waals surface area (Å²) in [5.74, 6) is 0.342. The number of rotatable bonds is 1. The summed E-state index contributed by atoms with van der Waals surface area (Å²) in [5.41, 5.74) is 0. The summed E-state index contributed by atoms with van der Waals surface area (Å²) in [4.78, 5) is 1.29. The van der Waals surface area contributed by atoms with E-state index in [0.29, 0.717) is 16.6 Å². The van der Waals surface area contributed by atoms with Crippen molar-refractivity contribution in [3.05, 3.63) is 24.3 Å². The molecule has 1 nitrogen and oxygen atoms in total. The van der Waals surface area contributed by atoms with Gasteiger partial charge in [0.25, 0.3) is 0 Å². The van der Waals surface area contributed by atoms with E-state index in [0.717, 1.165) is 0 Å². The van der Waals surface area contributed by atoms with Crippen LogP contribution in [-0.4, -0.2) is 31.8 Å². The molecule has 0 spiro atoms. The third-order valence-corrected chi connectivity index (χ3v) is 2.52. The van der Waals surface area contributed by atoms with Crippen LogP contribution in [0.15, 0.2) is 29.2 Å². The monoisotopic (exact) mass is 344 g/mol. The van der Waals surface area contributed by atoms with Gasteiger partial charge in [0.15, 0.2) is 4.90 Å². The first kappa shape index (κ1) is 16.5. The van der Waals surface area contributed by atoms with E-state index < -0.39 is 14.2 Å². The first-order valence-electron chi connectivity index (χ1n) is 4.08. The van der Waals surface area contributed by atoms with Gasteiger partial charge in [0.05, 0.1) is 0 Å². The second kappa shape index (κ2) is 4.31. The molecule has 0 aliphatic carbocycles. The van der Waals surface area contributed by atoms with Crippen molar-refractivity contribution in [2.45, 2.75) is 4.90 Å². The minimum atomic E-state index is -11.1. The number of hydrogen-bond acceptors (Lipinski definition) is 1. The normalized spacial score (nSPS) is 15.6. The van der Waals surface area contributed by atoms with E-state index in [1.54, 1.807) is 12.1 Å². The van der Waals surface area contributed by atoms with Crippen LogP contribution in [0.25, 0.3) is 0 Å². The van der Waals surface area contributed by atoms with Gasteiger partial charge >= 0.3 is 35.0 Å². The number of halogens is 6. The van der Waals surface area contributed by atoms with Crippen LogP contribution in [0.1, 0.15) is 0 Å². The Morgan fingerprint density at radius 3 is 1.41 bits per heavy atom. The fraction of sp³-hybridized carbons (Fsp3) is 0.250. The van der Waals surface area contributed by atoms with Crippen LogP contribution >= 0.6 is 0 Å². The van der Waals surface area contributed by atoms with Crippen LogP contribution in [0.3, 0.4) is 0 Å². The quantitative estimate of drug-likeness (QED) is 0.467. The Kier molecular flexibility index (Phi) is 4.19. The average molecular weight is 344 g/mol. The van der Waals surface area contributed by atoms with Gasteiger partial charge in [-0.2, -0.15) is 0 Å². The molecule has 0 unspecified atom stereocenters. The van der Waals surface area contributed by atoms with Crippen molar-refractivity contribution >= 4 is 25.1 Å². The number of benzene rings is 1. The van der Waals surface area contributed by atoms with Crippen LogP contribution < -0.4 is 0 Å². The molecule has 0 aromatic heterocycles. The summed E-state index contributed by atoms with van der Waals surface area (Å²) in [7, 11) is 0.302. The number of phenolic OH excluding ortho intramolecular Hbond substituents is 1. The molecule has 1 aromatic rings. The molecule has 102 valence electrons. The predicted octanol–water partition coefficient (Wildman–Crippen LogP) is 3.77. The Morgan fingerprint density at radius 2 is 1.18 bits per heavy atom. The summed E-state index contributed by atoms with van der Waals surface area (Å²) in [5, 5.41) is 8.94. The number of aromatic hydroxyl groups is 1. The zero-order chi connectivity index (χ0) is 14.0. The van der Waals surface area contributed by atoms with Crippen LogP contribution in [0.5, 0.6) is 5.75 Å². The minimum absolute atomic E-state index is 0.302. The number of phenols is 1. The molecule has 17 heavy (non-hydrogen) atoms. The molecule has 0 heterocycles. The molecule has 0 atom stereocenters. The first-order chi connectivity index (χ1) is 7.15. The Balaban J connectivity index is 0.000000325. The summed E-state index contributed by atoms with van der Waals surface area (Å²) >= 11 is -11.1. The Morgan fingerprint density at radius 1 is 0.882 bits per heavy atom. The summed E-state index contributed by atoms with van der Waals surface area (Å²) in [6.45, 7) is 0. The molecule has 0 aliphatic rings. The van der Waals surface area contributed by atoms with E-state index in [2.05, 4.69) is 12.5 Å². The molecule has 1 rings (SSSR count). The fourth-order valence-corrected chi connectivity index (χ4v) is 1.40. The van der Waals surface area contributed by atoms with E-state index in [-0.39, 0.29) is 0 Å². The fourth-order valence-electron chi connectivity index (χ4n) is 0.718. The van der Waals surface area contributed by atoms with Gasteiger partial charge in [-0.1, -0.05) is 0 Å². The van der Waals surface area contributed by atoms with E-state index in [4.69, 9.17) is 5.11 Å². The zero-order valence-electron chi connectivity index (χ0n) is 8.88. The van der Waals surface area contributed by atoms with Gasteiger partial charge in [-0.3, -0.25) is 0 Å². The second-order valence-corrected chi connectivity index (χ2v) is 9.39. The molecule has 0 aliphatic heterocycles. The second-order valence-electron chi connectivity index (χ2n) is 3.27. The summed E-state index contributed by atoms with van der Waals surface area (Å²) < 4.78 is 59.4. The number of hydrogen-bond donors (Lipinski definition) is 1. The summed E-state index contributed by atoms with van der Waals surface area (Å²) in [6.07, 6.45) is 4.32. The molecule has 1 aromatic carbocycles. The van der Waals surface area contributed by atoms with Gasteiger partial charge in [-0.05, 0) is 24.3 Å². The molecule has 1 N–H and O–H groups in total. The molecular weight excluding hydrogens is 333 g/mol. The van der Waals surface area contributed by atoms with Crippen molar-refractivity contribution in [3.8, 4) is 5.75 Å². The SMILES string of the molecule is C[S+](C)c1ccc(O)cc1.F[As-](F)(F)(F)(F)F. The topological polar surface area (TPSA) is 20.2 Å². The molecule has 0 radical (unpaired) electrons. The molecule has 9 heteroatoms. The van der Waals surface area contributed by atoms with Gasteiger partial charge in [-0.15, -0.1) is 0 Å². The maximum absolute atomic E-state index is 11.1. The van der Waals surface area contributed by atoms with Crippen LogP contribution in [0.4, 0.5) is 20.8 Å². The predicted molar refractivity (Wildman–Crippen MR) is 58.0 cm³/mol. The third kappa shape index (κ3) is 15.5. The Bertz CT molecular complexity index is 358. The third-order valence-electron chi connectivity index (χ3n) is 1.31. The van der Waals surface area contributed by atoms with Crippen molar-refractivity contribution in [1.29, 1.82) is 0 Å². The van der Waals surface area contributed by atoms with Crippen molar-refractivity contribution in [2.75, 3.05) is 12.5 Å². The molecule has 0 amide bonds.